The molecule has 22 heavy (non-hydrogen) atoms. The van der Waals surface area contributed by atoms with E-state index < -0.39 is 0 Å². The first-order valence-electron chi connectivity index (χ1n) is 7.07. The van der Waals surface area contributed by atoms with Gasteiger partial charge in [-0.05, 0) is 25.0 Å². The quantitative estimate of drug-likeness (QED) is 0.896. The molecular weight excluding hydrogens is 284 g/mol. The largest absolute Gasteiger partial charge is 0.454 e. The van der Waals surface area contributed by atoms with Crippen LogP contribution in [0.2, 0.25) is 0 Å². The third-order valence-corrected chi connectivity index (χ3v) is 3.46. The second kappa shape index (κ2) is 5.18. The van der Waals surface area contributed by atoms with Gasteiger partial charge in [0, 0.05) is 30.2 Å². The minimum absolute atomic E-state index is 0.128. The third kappa shape index (κ3) is 2.65. The molecule has 2 N–H and O–H groups in total. The second-order valence-electron chi connectivity index (χ2n) is 5.24. The lowest BCUT2D eigenvalue weighted by Crippen LogP contribution is -2.25. The van der Waals surface area contributed by atoms with Crippen LogP contribution in [0.4, 0.5) is 11.6 Å². The van der Waals surface area contributed by atoms with Crippen LogP contribution in [-0.2, 0) is 0 Å². The minimum atomic E-state index is -0.128. The highest BCUT2D eigenvalue weighted by Gasteiger charge is 2.24. The van der Waals surface area contributed by atoms with Crippen LogP contribution < -0.4 is 20.1 Å². The lowest BCUT2D eigenvalue weighted by Gasteiger charge is -2.06. The number of carbonyl (C=O) groups excluding carboxylic acids is 1. The number of carbonyl (C=O) groups is 1. The van der Waals surface area contributed by atoms with Crippen molar-refractivity contribution in [2.75, 3.05) is 12.1 Å². The number of fused-ring (bicyclic) bond motifs is 1. The van der Waals surface area contributed by atoms with Gasteiger partial charge >= 0.3 is 0 Å². The summed E-state index contributed by atoms with van der Waals surface area (Å²) in [6.07, 6.45) is 5.13. The summed E-state index contributed by atoms with van der Waals surface area (Å²) >= 11 is 0. The van der Waals surface area contributed by atoms with E-state index in [1.54, 1.807) is 0 Å². The Morgan fingerprint density at radius 1 is 1.14 bits per heavy atom. The van der Waals surface area contributed by atoms with Gasteiger partial charge in [-0.1, -0.05) is 0 Å². The summed E-state index contributed by atoms with van der Waals surface area (Å²) in [6, 6.07) is 5.81. The summed E-state index contributed by atoms with van der Waals surface area (Å²) in [6.45, 7) is 0.236. The molecule has 0 saturated heterocycles. The van der Waals surface area contributed by atoms with E-state index in [1.807, 2.05) is 18.2 Å². The van der Waals surface area contributed by atoms with Gasteiger partial charge in [-0.3, -0.25) is 4.79 Å². The molecule has 1 amide bonds. The monoisotopic (exact) mass is 298 g/mol. The Bertz CT molecular complexity index is 713. The van der Waals surface area contributed by atoms with Gasteiger partial charge in [0.2, 0.25) is 12.7 Å². The van der Waals surface area contributed by atoms with Gasteiger partial charge in [-0.25, -0.2) is 9.97 Å². The number of benzene rings is 1. The molecule has 7 nitrogen and oxygen atoms in total. The topological polar surface area (TPSA) is 85.4 Å². The first-order valence-corrected chi connectivity index (χ1v) is 7.07. The maximum atomic E-state index is 11.9. The molecule has 0 spiro atoms. The summed E-state index contributed by atoms with van der Waals surface area (Å²) in [4.78, 5) is 20.2. The van der Waals surface area contributed by atoms with Gasteiger partial charge in [-0.15, -0.1) is 0 Å². The van der Waals surface area contributed by atoms with Crippen LogP contribution in [0, 0.1) is 0 Å². The number of anilines is 2. The average molecular weight is 298 g/mol. The van der Waals surface area contributed by atoms with Crippen molar-refractivity contribution in [3.63, 3.8) is 0 Å². The molecule has 1 aromatic carbocycles. The maximum Gasteiger partial charge on any atom is 0.254 e. The Kier molecular flexibility index (Phi) is 3.03. The van der Waals surface area contributed by atoms with Crippen molar-refractivity contribution in [3.05, 3.63) is 36.2 Å². The highest BCUT2D eigenvalue weighted by Crippen LogP contribution is 2.34. The first-order chi connectivity index (χ1) is 10.8. The van der Waals surface area contributed by atoms with Crippen LogP contribution in [-0.4, -0.2) is 28.7 Å². The second-order valence-corrected chi connectivity index (χ2v) is 5.24. The number of nitrogens with one attached hydrogen (secondary N) is 2. The number of amides is 1. The molecular formula is C15H14N4O3. The molecule has 0 atom stereocenters. The van der Waals surface area contributed by atoms with Crippen molar-refractivity contribution in [1.29, 1.82) is 0 Å². The van der Waals surface area contributed by atoms with E-state index in [-0.39, 0.29) is 12.7 Å². The van der Waals surface area contributed by atoms with Crippen LogP contribution in [0.25, 0.3) is 0 Å². The highest BCUT2D eigenvalue weighted by molar-refractivity contribution is 5.94. The number of nitrogens with zero attached hydrogens (tertiary/aromatic N) is 2. The van der Waals surface area contributed by atoms with E-state index in [4.69, 9.17) is 9.47 Å². The van der Waals surface area contributed by atoms with E-state index in [0.29, 0.717) is 23.3 Å². The zero-order valence-electron chi connectivity index (χ0n) is 11.7. The Hall–Kier alpha value is -2.83. The van der Waals surface area contributed by atoms with E-state index in [2.05, 4.69) is 20.6 Å². The standard InChI is InChI=1S/C15H14N4O3/c20-14(18-10-1-2-10)9-6-16-15(17-7-9)19-11-3-4-12-13(5-11)22-8-21-12/h3-7,10H,1-2,8H2,(H,18,20)(H,16,17,19). The number of hydrogen-bond donors (Lipinski definition) is 2. The fourth-order valence-corrected chi connectivity index (χ4v) is 2.11. The zero-order valence-corrected chi connectivity index (χ0v) is 11.7. The first kappa shape index (κ1) is 12.9. The van der Waals surface area contributed by atoms with Gasteiger partial charge in [0.05, 0.1) is 5.56 Å². The van der Waals surface area contributed by atoms with Gasteiger partial charge in [0.1, 0.15) is 0 Å². The van der Waals surface area contributed by atoms with Gasteiger partial charge in [-0.2, -0.15) is 0 Å². The Balaban J connectivity index is 1.45. The summed E-state index contributed by atoms with van der Waals surface area (Å²) in [5, 5.41) is 5.96. The highest BCUT2D eigenvalue weighted by atomic mass is 16.7. The van der Waals surface area contributed by atoms with Crippen molar-refractivity contribution in [2.24, 2.45) is 0 Å². The summed E-state index contributed by atoms with van der Waals surface area (Å²) in [7, 11) is 0. The van der Waals surface area contributed by atoms with Crippen LogP contribution in [0.5, 0.6) is 11.5 Å². The molecule has 4 rings (SSSR count). The zero-order chi connectivity index (χ0) is 14.9. The van der Waals surface area contributed by atoms with Crippen LogP contribution in [0.15, 0.2) is 30.6 Å². The normalized spacial score (nSPS) is 15.5. The van der Waals surface area contributed by atoms with E-state index in [9.17, 15) is 4.79 Å². The Morgan fingerprint density at radius 3 is 2.68 bits per heavy atom. The molecule has 0 bridgehead atoms. The number of ether oxygens (including phenoxy) is 2. The molecule has 1 aliphatic heterocycles. The lowest BCUT2D eigenvalue weighted by molar-refractivity contribution is 0.0950. The van der Waals surface area contributed by atoms with Crippen LogP contribution >= 0.6 is 0 Å². The fourth-order valence-electron chi connectivity index (χ4n) is 2.11. The fraction of sp³-hybridized carbons (Fsp3) is 0.267. The predicted octanol–water partition coefficient (Wildman–Crippen LogP) is 1.84. The molecule has 0 radical (unpaired) electrons. The summed E-state index contributed by atoms with van der Waals surface area (Å²) in [5.74, 6) is 1.70. The molecule has 0 unspecified atom stereocenters. The van der Waals surface area contributed by atoms with Crippen molar-refractivity contribution in [1.82, 2.24) is 15.3 Å². The number of hydrogen-bond acceptors (Lipinski definition) is 6. The third-order valence-electron chi connectivity index (χ3n) is 3.46. The molecule has 1 fully saturated rings. The molecule has 1 aliphatic carbocycles. The lowest BCUT2D eigenvalue weighted by atomic mass is 10.3. The van der Waals surface area contributed by atoms with Crippen LogP contribution in [0.3, 0.4) is 0 Å². The number of aromatic nitrogens is 2. The van der Waals surface area contributed by atoms with Crippen molar-refractivity contribution >= 4 is 17.5 Å². The van der Waals surface area contributed by atoms with E-state index in [1.165, 1.54) is 12.4 Å². The maximum absolute atomic E-state index is 11.9. The molecule has 2 aromatic rings. The summed E-state index contributed by atoms with van der Waals surface area (Å²) in [5.41, 5.74) is 1.25. The van der Waals surface area contributed by atoms with Crippen molar-refractivity contribution < 1.29 is 14.3 Å². The minimum Gasteiger partial charge on any atom is -0.454 e. The van der Waals surface area contributed by atoms with E-state index in [0.717, 1.165) is 24.3 Å². The Morgan fingerprint density at radius 2 is 1.91 bits per heavy atom. The molecule has 1 aromatic heterocycles. The molecule has 1 saturated carbocycles. The smallest absolute Gasteiger partial charge is 0.254 e. The molecule has 2 aliphatic rings. The van der Waals surface area contributed by atoms with Crippen LogP contribution in [0.1, 0.15) is 23.2 Å². The van der Waals surface area contributed by atoms with E-state index >= 15 is 0 Å². The Labute approximate surface area is 126 Å². The SMILES string of the molecule is O=C(NC1CC1)c1cnc(Nc2ccc3c(c2)OCO3)nc1. The van der Waals surface area contributed by atoms with Gasteiger partial charge in [0.15, 0.2) is 11.5 Å². The van der Waals surface area contributed by atoms with Crippen molar-refractivity contribution in [2.45, 2.75) is 18.9 Å². The summed E-state index contributed by atoms with van der Waals surface area (Å²) < 4.78 is 10.6. The van der Waals surface area contributed by atoms with Gasteiger partial charge < -0.3 is 20.1 Å². The van der Waals surface area contributed by atoms with Crippen molar-refractivity contribution in [3.8, 4) is 11.5 Å². The molecule has 2 heterocycles. The molecule has 7 heteroatoms. The molecule has 112 valence electrons. The predicted molar refractivity (Wildman–Crippen MR) is 78.4 cm³/mol. The average Bonchev–Trinajstić information content (AvgIpc) is 3.22. The van der Waals surface area contributed by atoms with Gasteiger partial charge in [0.25, 0.3) is 5.91 Å². The number of rotatable bonds is 4.